The highest BCUT2D eigenvalue weighted by molar-refractivity contribution is 7.80. The summed E-state index contributed by atoms with van der Waals surface area (Å²) in [7, 11) is 1.09. The van der Waals surface area contributed by atoms with Crippen LogP contribution in [-0.4, -0.2) is 63.7 Å². The second kappa shape index (κ2) is 80.5. The third kappa shape index (κ3) is 113. The van der Waals surface area contributed by atoms with E-state index in [1.165, 1.54) is 57.4 Å². The molecule has 0 heterocycles. The molecule has 0 atom stereocenters. The van der Waals surface area contributed by atoms with Gasteiger partial charge in [0, 0.05) is 7.11 Å². The summed E-state index contributed by atoms with van der Waals surface area (Å²) in [6.45, 7) is 35.1. The van der Waals surface area contributed by atoms with Crippen molar-refractivity contribution in [3.8, 4) is 0 Å². The van der Waals surface area contributed by atoms with Crippen molar-refractivity contribution in [3.05, 3.63) is 144 Å². The lowest BCUT2D eigenvalue weighted by Gasteiger charge is -1.89. The number of Topliss-reactive ketones (excluding diaryl/α,β-unsaturated/α-hetero) is 1. The number of aliphatic hydroxyl groups is 1. The molecule has 386 valence electrons. The molecule has 0 aromatic heterocycles. The van der Waals surface area contributed by atoms with E-state index in [0.717, 1.165) is 37.8 Å². The lowest BCUT2D eigenvalue weighted by atomic mass is 10.2. The number of aryl methyl sites for hydroxylation is 4. The van der Waals surface area contributed by atoms with E-state index in [1.54, 1.807) is 0 Å². The Morgan fingerprint density at radius 1 is 0.500 bits per heavy atom. The van der Waals surface area contributed by atoms with Gasteiger partial charge in [-0.3, -0.25) is 4.55 Å². The normalized spacial score (nSPS) is 7.73. The number of hydrogen-bond donors (Lipinski definition) is 4. The van der Waals surface area contributed by atoms with E-state index < -0.39 is 10.4 Å². The topological polar surface area (TPSA) is 205 Å². The molecule has 0 spiro atoms. The van der Waals surface area contributed by atoms with Crippen molar-refractivity contribution in [2.75, 3.05) is 28.4 Å². The molecular formula is C52H98N4O9S. The Hall–Kier alpha value is -4.80. The predicted molar refractivity (Wildman–Crippen MR) is 288 cm³/mol. The minimum Gasteiger partial charge on any atom is -0.400 e. The van der Waals surface area contributed by atoms with Crippen LogP contribution in [0.15, 0.2) is 132 Å². The maximum Gasteiger partial charge on any atom is 0.413 e. The number of benzene rings is 4. The zero-order valence-corrected chi connectivity index (χ0v) is 46.2. The van der Waals surface area contributed by atoms with E-state index in [1.807, 2.05) is 119 Å². The average molecular weight is 955 g/mol. The number of aliphatic hydroxyl groups excluding tert-OH is 1. The van der Waals surface area contributed by atoms with Crippen LogP contribution in [0.3, 0.4) is 0 Å². The number of carbonyl (C=O) groups is 1. The summed E-state index contributed by atoms with van der Waals surface area (Å²) in [5.74, 6) is 8.48. The molecule has 6 N–H and O–H groups in total. The lowest BCUT2D eigenvalue weighted by Crippen LogP contribution is -2.08. The zero-order chi connectivity index (χ0) is 54.0. The van der Waals surface area contributed by atoms with E-state index in [-0.39, 0.29) is 5.78 Å². The Balaban J connectivity index is -0.0000000658. The molecule has 0 aliphatic rings. The summed E-state index contributed by atoms with van der Waals surface area (Å²) in [6.07, 6.45) is 3.42. The molecule has 0 radical (unpaired) electrons. The van der Waals surface area contributed by atoms with Gasteiger partial charge in [0.05, 0.1) is 18.5 Å². The van der Waals surface area contributed by atoms with Crippen molar-refractivity contribution in [3.63, 3.8) is 0 Å². The lowest BCUT2D eigenvalue weighted by molar-refractivity contribution is -0.115. The van der Waals surface area contributed by atoms with E-state index in [2.05, 4.69) is 154 Å². The molecule has 0 amide bonds. The van der Waals surface area contributed by atoms with E-state index >= 15 is 0 Å². The van der Waals surface area contributed by atoms with Crippen LogP contribution in [0.5, 0.6) is 0 Å². The quantitative estimate of drug-likeness (QED) is 0.0812. The molecule has 0 saturated heterocycles. The smallest absolute Gasteiger partial charge is 0.400 e. The third-order valence-electron chi connectivity index (χ3n) is 5.36. The average Bonchev–Trinajstić information content (AvgIpc) is 3.34. The van der Waals surface area contributed by atoms with Crippen molar-refractivity contribution < 1.29 is 41.7 Å². The molecule has 0 unspecified atom stereocenters. The number of hydrogen-bond acceptors (Lipinski definition) is 12. The fourth-order valence-electron chi connectivity index (χ4n) is 3.04. The van der Waals surface area contributed by atoms with Crippen molar-refractivity contribution in [1.29, 1.82) is 0 Å². The van der Waals surface area contributed by atoms with Crippen LogP contribution in [0.25, 0.3) is 0 Å². The van der Waals surface area contributed by atoms with Gasteiger partial charge in [0.1, 0.15) is 20.0 Å². The van der Waals surface area contributed by atoms with Crippen LogP contribution < -0.4 is 11.8 Å². The van der Waals surface area contributed by atoms with Crippen LogP contribution in [0, 0.1) is 6.92 Å². The van der Waals surface area contributed by atoms with Gasteiger partial charge in [0.2, 0.25) is 0 Å². The number of ketones is 1. The number of nitrogens with two attached hydrogens (primary N) is 2. The van der Waals surface area contributed by atoms with Gasteiger partial charge in [-0.2, -0.15) is 18.6 Å². The van der Waals surface area contributed by atoms with Gasteiger partial charge in [-0.05, 0) is 84.4 Å². The summed E-state index contributed by atoms with van der Waals surface area (Å²) in [6, 6.07) is 41.6. The molecule has 4 aromatic rings. The molecule has 0 aliphatic heterocycles. The summed E-state index contributed by atoms with van der Waals surface area (Å²) in [4.78, 5) is 22.0. The highest BCUT2D eigenvalue weighted by atomic mass is 32.3. The minimum absolute atomic E-state index is 0.167. The van der Waals surface area contributed by atoms with Gasteiger partial charge >= 0.3 is 10.4 Å². The summed E-state index contributed by atoms with van der Waals surface area (Å²) >= 11 is 0. The van der Waals surface area contributed by atoms with Crippen molar-refractivity contribution >= 4 is 27.6 Å². The van der Waals surface area contributed by atoms with E-state index in [0.29, 0.717) is 0 Å². The molecule has 66 heavy (non-hydrogen) atoms. The maximum atomic E-state index is 9.44. The summed E-state index contributed by atoms with van der Waals surface area (Å²) in [5, 5.41) is 14.1. The Kier molecular flexibility index (Phi) is 103. The first-order chi connectivity index (χ1) is 31.4. The molecule has 0 saturated carbocycles. The van der Waals surface area contributed by atoms with Gasteiger partial charge in [-0.15, -0.1) is 0 Å². The Morgan fingerprint density at radius 2 is 0.667 bits per heavy atom. The first-order valence-electron chi connectivity index (χ1n) is 22.2. The van der Waals surface area contributed by atoms with Gasteiger partial charge in [0.15, 0.2) is 0 Å². The standard InChI is InChI=1S/3C8H10.C7H8.2C4H9NO.C3H6O.4C2H6.CH5NO.CH4O.H3NO4S/c3*1-2-8-6-4-3-5-7-8;1-7-5-3-2-4-6-7;2*1-4(2)5-6-3;1-3(2)4;4*1-2;1-3-2;1-2;1-5-6(2,3)4/h3*3-7H,2H2,1H3;2-6H,1H3;2*1-3H3;1-2H3;4*1-2H3;2H2,1H3;2H,1H3;1H2,(H,2,3,4). The monoisotopic (exact) mass is 955 g/mol. The van der Waals surface area contributed by atoms with Gasteiger partial charge < -0.3 is 24.4 Å². The molecule has 4 rings (SSSR count). The Labute approximate surface area is 405 Å². The second-order valence-corrected chi connectivity index (χ2v) is 12.3. The van der Waals surface area contributed by atoms with Crippen molar-refractivity contribution in [2.24, 2.45) is 22.1 Å². The molecule has 0 bridgehead atoms. The first-order valence-corrected chi connectivity index (χ1v) is 23.5. The second-order valence-electron chi connectivity index (χ2n) is 11.3. The molecule has 0 fully saturated rings. The van der Waals surface area contributed by atoms with Crippen LogP contribution in [-0.2, 0) is 53.3 Å². The van der Waals surface area contributed by atoms with Crippen LogP contribution in [0.2, 0.25) is 0 Å². The van der Waals surface area contributed by atoms with Gasteiger partial charge in [-0.25, -0.2) is 5.90 Å². The van der Waals surface area contributed by atoms with Gasteiger partial charge in [-0.1, -0.05) is 213 Å². The van der Waals surface area contributed by atoms with Crippen LogP contribution in [0.4, 0.5) is 0 Å². The van der Waals surface area contributed by atoms with E-state index in [4.69, 9.17) is 9.66 Å². The maximum absolute atomic E-state index is 9.44. The number of nitrogens with zero attached hydrogens (tertiary/aromatic N) is 2. The number of oxime groups is 2. The SMILES string of the molecule is CC.CC.CC.CC.CC(C)=O.CCc1ccccc1.CCc1ccccc1.CCc1ccccc1.CO.CON.CON=C(C)C.CON=C(C)C.Cc1ccccc1.NOS(=O)(=O)O. The number of rotatable bonds is 6. The van der Waals surface area contributed by atoms with E-state index in [9.17, 15) is 13.2 Å². The van der Waals surface area contributed by atoms with Crippen LogP contribution >= 0.6 is 0 Å². The van der Waals surface area contributed by atoms with Crippen LogP contribution in [0.1, 0.15) is 140 Å². The Morgan fingerprint density at radius 3 is 0.727 bits per heavy atom. The fraction of sp³-hybridized carbons (Fsp3) is 0.481. The zero-order valence-electron chi connectivity index (χ0n) is 45.4. The fourth-order valence-corrected chi connectivity index (χ4v) is 3.04. The largest absolute Gasteiger partial charge is 0.413 e. The highest BCUT2D eigenvalue weighted by Crippen LogP contribution is 1.98. The number of carbonyl (C=O) groups excluding carboxylic acids is 1. The van der Waals surface area contributed by atoms with Gasteiger partial charge in [0.25, 0.3) is 0 Å². The highest BCUT2D eigenvalue weighted by Gasteiger charge is 1.95. The third-order valence-corrected chi connectivity index (χ3v) is 5.61. The minimum atomic E-state index is -4.38. The predicted octanol–water partition coefficient (Wildman–Crippen LogP) is 13.3. The molecule has 0 aliphatic carbocycles. The Bertz CT molecular complexity index is 1430. The molecule has 4 aromatic carbocycles. The van der Waals surface area contributed by atoms with Crippen molar-refractivity contribution in [2.45, 2.75) is 144 Å². The molecule has 13 nitrogen and oxygen atoms in total. The summed E-state index contributed by atoms with van der Waals surface area (Å²) in [5.41, 5.74) is 7.44. The molecule has 14 heteroatoms. The van der Waals surface area contributed by atoms with Crippen molar-refractivity contribution in [1.82, 2.24) is 0 Å². The molecular weight excluding hydrogens is 857 g/mol. The summed E-state index contributed by atoms with van der Waals surface area (Å²) < 4.78 is 28.8. The first kappa shape index (κ1) is 84.6.